The summed E-state index contributed by atoms with van der Waals surface area (Å²) in [6.45, 7) is 4.60. The number of nitrogens with one attached hydrogen (secondary N) is 1. The molecule has 1 aliphatic heterocycles. The smallest absolute Gasteiger partial charge is 0.233 e. The molecule has 11 heteroatoms. The highest BCUT2D eigenvalue weighted by atomic mass is 32.2. The molecule has 3 rings (SSSR count). The molecular formula is C18H25N5O4S2. The molecule has 9 nitrogen and oxygen atoms in total. The van der Waals surface area contributed by atoms with E-state index < -0.39 is 15.3 Å². The van der Waals surface area contributed by atoms with Gasteiger partial charge in [0.2, 0.25) is 15.9 Å². The molecule has 1 amide bonds. The summed E-state index contributed by atoms with van der Waals surface area (Å²) in [5.74, 6) is 1.52. The van der Waals surface area contributed by atoms with Gasteiger partial charge in [-0.1, -0.05) is 18.7 Å². The van der Waals surface area contributed by atoms with E-state index >= 15 is 0 Å². The number of nitrogens with zero attached hydrogens (tertiary/aromatic N) is 4. The second kappa shape index (κ2) is 9.14. The number of sulfonamides is 1. The zero-order valence-corrected chi connectivity index (χ0v) is 18.3. The number of carbonyl (C=O) groups excluding carboxylic acids is 1. The van der Waals surface area contributed by atoms with Crippen LogP contribution in [-0.4, -0.2) is 71.7 Å². The molecule has 1 atom stereocenters. The lowest BCUT2D eigenvalue weighted by molar-refractivity contribution is -0.127. The van der Waals surface area contributed by atoms with Crippen LogP contribution in [0.1, 0.15) is 19.2 Å². The van der Waals surface area contributed by atoms with E-state index in [-0.39, 0.29) is 18.2 Å². The molecule has 1 aromatic heterocycles. The fourth-order valence-corrected chi connectivity index (χ4v) is 5.54. The van der Waals surface area contributed by atoms with Crippen molar-refractivity contribution < 1.29 is 17.9 Å². The first-order chi connectivity index (χ1) is 13.9. The molecule has 0 radical (unpaired) electrons. The van der Waals surface area contributed by atoms with Crippen molar-refractivity contribution in [1.29, 1.82) is 0 Å². The summed E-state index contributed by atoms with van der Waals surface area (Å²) in [5, 5.41) is 8.36. The summed E-state index contributed by atoms with van der Waals surface area (Å²) in [6.07, 6.45) is 0.451. The normalized spacial score (nSPS) is 16.9. The number of aryl methyl sites for hydroxylation is 1. The Morgan fingerprint density at radius 3 is 2.69 bits per heavy atom. The van der Waals surface area contributed by atoms with Crippen LogP contribution in [0.3, 0.4) is 0 Å². The molecular weight excluding hydrogens is 414 g/mol. The van der Waals surface area contributed by atoms with Gasteiger partial charge in [0.25, 0.3) is 0 Å². The summed E-state index contributed by atoms with van der Waals surface area (Å²) in [4.78, 5) is 14.2. The Morgan fingerprint density at radius 1 is 1.31 bits per heavy atom. The third-order valence-electron chi connectivity index (χ3n) is 4.73. The lowest BCUT2D eigenvalue weighted by Crippen LogP contribution is -2.38. The van der Waals surface area contributed by atoms with E-state index in [0.29, 0.717) is 30.5 Å². The van der Waals surface area contributed by atoms with Crippen molar-refractivity contribution in [2.24, 2.45) is 0 Å². The van der Waals surface area contributed by atoms with Crippen molar-refractivity contribution in [3.63, 3.8) is 0 Å². The molecule has 29 heavy (non-hydrogen) atoms. The molecule has 1 aliphatic rings. The summed E-state index contributed by atoms with van der Waals surface area (Å²) >= 11 is 1.29. The maximum atomic E-state index is 12.6. The van der Waals surface area contributed by atoms with E-state index in [9.17, 15) is 13.2 Å². The molecule has 0 bridgehead atoms. The van der Waals surface area contributed by atoms with Gasteiger partial charge in [-0.05, 0) is 37.6 Å². The number of thioether (sulfide) groups is 1. The van der Waals surface area contributed by atoms with Gasteiger partial charge in [0.15, 0.2) is 5.16 Å². The zero-order chi connectivity index (χ0) is 21.0. The number of aromatic nitrogens is 3. The second-order valence-electron chi connectivity index (χ2n) is 6.65. The van der Waals surface area contributed by atoms with E-state index in [0.717, 1.165) is 11.4 Å². The van der Waals surface area contributed by atoms with E-state index in [1.807, 2.05) is 35.8 Å². The summed E-state index contributed by atoms with van der Waals surface area (Å²) < 4.78 is 33.9. The molecule has 0 spiro atoms. The molecule has 2 heterocycles. The van der Waals surface area contributed by atoms with Crippen molar-refractivity contribution in [2.75, 3.05) is 32.5 Å². The van der Waals surface area contributed by atoms with E-state index in [1.165, 1.54) is 11.8 Å². The summed E-state index contributed by atoms with van der Waals surface area (Å²) in [6, 6.07) is 7.50. The lowest BCUT2D eigenvalue weighted by atomic mass is 10.3. The Kier molecular flexibility index (Phi) is 6.81. The minimum Gasteiger partial charge on any atom is -0.497 e. The van der Waals surface area contributed by atoms with E-state index in [1.54, 1.807) is 18.9 Å². The van der Waals surface area contributed by atoms with Crippen LogP contribution in [0.4, 0.5) is 0 Å². The number of hydrogen-bond acceptors (Lipinski definition) is 7. The predicted octanol–water partition coefficient (Wildman–Crippen LogP) is 1.22. The van der Waals surface area contributed by atoms with Gasteiger partial charge in [-0.3, -0.25) is 9.36 Å². The highest BCUT2D eigenvalue weighted by Crippen LogP contribution is 2.25. The Hall–Kier alpha value is -2.11. The Labute approximate surface area is 174 Å². The summed E-state index contributed by atoms with van der Waals surface area (Å²) in [7, 11) is -1.77. The largest absolute Gasteiger partial charge is 0.497 e. The number of rotatable bonds is 8. The number of likely N-dealkylation sites (tertiary alicyclic amines) is 1. The van der Waals surface area contributed by atoms with Crippen LogP contribution in [0.2, 0.25) is 0 Å². The first-order valence-corrected chi connectivity index (χ1v) is 11.8. The van der Waals surface area contributed by atoms with E-state index in [4.69, 9.17) is 4.74 Å². The van der Waals surface area contributed by atoms with Gasteiger partial charge in [0.1, 0.15) is 11.6 Å². The van der Waals surface area contributed by atoms with Gasteiger partial charge in [-0.25, -0.2) is 13.1 Å². The van der Waals surface area contributed by atoms with Crippen LogP contribution in [0.25, 0.3) is 5.69 Å². The van der Waals surface area contributed by atoms with Crippen LogP contribution in [0.15, 0.2) is 29.4 Å². The van der Waals surface area contributed by atoms with Crippen molar-refractivity contribution in [3.05, 3.63) is 30.1 Å². The quantitative estimate of drug-likeness (QED) is 0.616. The van der Waals surface area contributed by atoms with Gasteiger partial charge in [-0.2, -0.15) is 0 Å². The Bertz CT molecular complexity index is 959. The first-order valence-electron chi connectivity index (χ1n) is 9.31. The van der Waals surface area contributed by atoms with Gasteiger partial charge in [0, 0.05) is 25.3 Å². The van der Waals surface area contributed by atoms with Gasteiger partial charge < -0.3 is 9.64 Å². The molecule has 1 fully saturated rings. The van der Waals surface area contributed by atoms with Gasteiger partial charge >= 0.3 is 0 Å². The monoisotopic (exact) mass is 439 g/mol. The highest BCUT2D eigenvalue weighted by Gasteiger charge is 2.34. The van der Waals surface area contributed by atoms with Gasteiger partial charge in [-0.15, -0.1) is 10.2 Å². The molecule has 0 saturated carbocycles. The molecule has 1 N–H and O–H groups in total. The zero-order valence-electron chi connectivity index (χ0n) is 16.7. The fourth-order valence-electron chi connectivity index (χ4n) is 3.21. The maximum Gasteiger partial charge on any atom is 0.233 e. The average Bonchev–Trinajstić information content (AvgIpc) is 3.34. The van der Waals surface area contributed by atoms with Crippen LogP contribution in [-0.2, 0) is 14.8 Å². The van der Waals surface area contributed by atoms with Crippen LogP contribution in [0, 0.1) is 6.92 Å². The van der Waals surface area contributed by atoms with Crippen LogP contribution in [0.5, 0.6) is 5.75 Å². The third-order valence-corrected chi connectivity index (χ3v) is 7.60. The number of amides is 1. The first kappa shape index (κ1) is 21.6. The third kappa shape index (κ3) is 4.90. The van der Waals surface area contributed by atoms with Gasteiger partial charge in [0.05, 0.1) is 18.1 Å². The van der Waals surface area contributed by atoms with Crippen LogP contribution < -0.4 is 9.46 Å². The standard InChI is InChI=1S/C18H25N5O4S2/c1-4-19-29(25,26)16-9-10-22(11-16)17(24)12-28-18-21-20-13(2)23(18)14-5-7-15(27-3)8-6-14/h5-8,16,19H,4,9-12H2,1-3H3. The molecule has 1 unspecified atom stereocenters. The fraction of sp³-hybridized carbons (Fsp3) is 0.500. The average molecular weight is 440 g/mol. The van der Waals surface area contributed by atoms with Crippen LogP contribution >= 0.6 is 11.8 Å². The van der Waals surface area contributed by atoms with Crippen molar-refractivity contribution in [2.45, 2.75) is 30.7 Å². The van der Waals surface area contributed by atoms with Crippen molar-refractivity contribution >= 4 is 27.7 Å². The number of hydrogen-bond donors (Lipinski definition) is 1. The molecule has 1 aromatic carbocycles. The highest BCUT2D eigenvalue weighted by molar-refractivity contribution is 7.99. The Morgan fingerprint density at radius 2 is 2.03 bits per heavy atom. The Balaban J connectivity index is 1.64. The topological polar surface area (TPSA) is 106 Å². The number of benzene rings is 1. The van der Waals surface area contributed by atoms with Crippen molar-refractivity contribution in [1.82, 2.24) is 24.4 Å². The lowest BCUT2D eigenvalue weighted by Gasteiger charge is -2.16. The predicted molar refractivity (Wildman–Crippen MR) is 111 cm³/mol. The SMILES string of the molecule is CCNS(=O)(=O)C1CCN(C(=O)CSc2nnc(C)n2-c2ccc(OC)cc2)C1. The molecule has 1 saturated heterocycles. The number of ether oxygens (including phenoxy) is 1. The summed E-state index contributed by atoms with van der Waals surface area (Å²) in [5.41, 5.74) is 0.876. The second-order valence-corrected chi connectivity index (χ2v) is 9.63. The maximum absolute atomic E-state index is 12.6. The van der Waals surface area contributed by atoms with E-state index in [2.05, 4.69) is 14.9 Å². The van der Waals surface area contributed by atoms with Crippen molar-refractivity contribution in [3.8, 4) is 11.4 Å². The number of methoxy groups -OCH3 is 1. The minimum atomic E-state index is -3.38. The minimum absolute atomic E-state index is 0.105. The molecule has 158 valence electrons. The molecule has 2 aromatic rings. The number of carbonyl (C=O) groups is 1. The molecule has 0 aliphatic carbocycles.